The quantitative estimate of drug-likeness (QED) is 0.509. The second-order valence-corrected chi connectivity index (χ2v) is 8.61. The molecule has 0 atom stereocenters. The third kappa shape index (κ3) is 7.25. The van der Waals surface area contributed by atoms with Gasteiger partial charge in [0.25, 0.3) is 0 Å². The standard InChI is InChI=1S/C25H36N6O/c1-29(2)24(32)20-28-25(27-19-22-7-5-4-6-8-22)30(3)16-11-21-12-17-31(18-13-21)23-9-14-26-15-10-23/h4-10,14-15,21H,11-13,16-20H2,1-3H3,(H,27,28). The highest BCUT2D eigenvalue weighted by atomic mass is 16.2. The number of benzene rings is 1. The van der Waals surface area contributed by atoms with Crippen molar-refractivity contribution >= 4 is 17.6 Å². The molecule has 32 heavy (non-hydrogen) atoms. The number of pyridine rings is 1. The number of carbonyl (C=O) groups is 1. The minimum Gasteiger partial charge on any atom is -0.371 e. The fraction of sp³-hybridized carbons (Fsp3) is 0.480. The van der Waals surface area contributed by atoms with Crippen molar-refractivity contribution in [3.63, 3.8) is 0 Å². The maximum absolute atomic E-state index is 12.1. The van der Waals surface area contributed by atoms with Gasteiger partial charge >= 0.3 is 0 Å². The minimum atomic E-state index is 0.0364. The van der Waals surface area contributed by atoms with Gasteiger partial charge in [-0.15, -0.1) is 0 Å². The first kappa shape index (κ1) is 23.6. The van der Waals surface area contributed by atoms with Gasteiger partial charge in [-0.2, -0.15) is 0 Å². The normalized spacial score (nSPS) is 14.8. The molecule has 7 heteroatoms. The van der Waals surface area contributed by atoms with E-state index < -0.39 is 0 Å². The summed E-state index contributed by atoms with van der Waals surface area (Å²) in [6.07, 6.45) is 7.23. The fourth-order valence-corrected chi connectivity index (χ4v) is 3.89. The van der Waals surface area contributed by atoms with Gasteiger partial charge < -0.3 is 20.0 Å². The summed E-state index contributed by atoms with van der Waals surface area (Å²) in [6, 6.07) is 14.4. The Balaban J connectivity index is 1.52. The van der Waals surface area contributed by atoms with Crippen LogP contribution in [0.3, 0.4) is 0 Å². The summed E-state index contributed by atoms with van der Waals surface area (Å²) >= 11 is 0. The maximum atomic E-state index is 12.1. The summed E-state index contributed by atoms with van der Waals surface area (Å²) in [6.45, 7) is 3.92. The van der Waals surface area contributed by atoms with Gasteiger partial charge in [0.1, 0.15) is 0 Å². The van der Waals surface area contributed by atoms with Crippen LogP contribution in [-0.4, -0.2) is 74.0 Å². The van der Waals surface area contributed by atoms with E-state index in [1.807, 2.05) is 30.6 Å². The van der Waals surface area contributed by atoms with Gasteiger partial charge in [0, 0.05) is 58.9 Å². The lowest BCUT2D eigenvalue weighted by Gasteiger charge is -2.34. The van der Waals surface area contributed by atoms with Crippen molar-refractivity contribution < 1.29 is 4.79 Å². The van der Waals surface area contributed by atoms with Crippen molar-refractivity contribution in [1.29, 1.82) is 0 Å². The molecule has 2 heterocycles. The van der Waals surface area contributed by atoms with Crippen molar-refractivity contribution in [1.82, 2.24) is 20.1 Å². The Labute approximate surface area is 192 Å². The summed E-state index contributed by atoms with van der Waals surface area (Å²) in [5.41, 5.74) is 2.42. The van der Waals surface area contributed by atoms with Gasteiger partial charge in [-0.25, -0.2) is 4.99 Å². The lowest BCUT2D eigenvalue weighted by Crippen LogP contribution is -2.44. The van der Waals surface area contributed by atoms with Crippen molar-refractivity contribution in [3.05, 3.63) is 60.4 Å². The molecule has 172 valence electrons. The van der Waals surface area contributed by atoms with Gasteiger partial charge in [-0.05, 0) is 42.9 Å². The first-order chi connectivity index (χ1) is 15.5. The molecule has 0 spiro atoms. The van der Waals surface area contributed by atoms with Crippen LogP contribution in [0.4, 0.5) is 5.69 Å². The molecule has 1 aliphatic rings. The molecule has 0 radical (unpaired) electrons. The Morgan fingerprint density at radius 3 is 2.44 bits per heavy atom. The van der Waals surface area contributed by atoms with E-state index >= 15 is 0 Å². The first-order valence-corrected chi connectivity index (χ1v) is 11.4. The molecule has 1 aliphatic heterocycles. The molecule has 0 unspecified atom stereocenters. The predicted octanol–water partition coefficient (Wildman–Crippen LogP) is 2.85. The molecule has 1 aromatic carbocycles. The highest BCUT2D eigenvalue weighted by Gasteiger charge is 2.20. The van der Waals surface area contributed by atoms with E-state index in [-0.39, 0.29) is 12.5 Å². The molecule has 7 nitrogen and oxygen atoms in total. The molecule has 0 saturated carbocycles. The van der Waals surface area contributed by atoms with E-state index in [0.717, 1.165) is 37.6 Å². The molecule has 1 aromatic heterocycles. The van der Waals surface area contributed by atoms with Gasteiger partial charge in [0.2, 0.25) is 5.91 Å². The average molecular weight is 437 g/mol. The minimum absolute atomic E-state index is 0.0364. The van der Waals surface area contributed by atoms with Crippen molar-refractivity contribution in [2.75, 3.05) is 52.2 Å². The highest BCUT2D eigenvalue weighted by Crippen LogP contribution is 2.24. The number of guanidine groups is 1. The average Bonchev–Trinajstić information content (AvgIpc) is 2.84. The first-order valence-electron chi connectivity index (χ1n) is 11.4. The second-order valence-electron chi connectivity index (χ2n) is 8.61. The number of likely N-dealkylation sites (N-methyl/N-ethyl adjacent to an activating group) is 1. The van der Waals surface area contributed by atoms with Crippen molar-refractivity contribution in [2.45, 2.75) is 25.8 Å². The van der Waals surface area contributed by atoms with Gasteiger partial charge in [0.05, 0.1) is 13.1 Å². The Kier molecular flexibility index (Phi) is 8.90. The molecule has 1 fully saturated rings. The number of nitrogens with zero attached hydrogens (tertiary/aromatic N) is 5. The molecule has 1 amide bonds. The number of anilines is 1. The number of hydrogen-bond donors (Lipinski definition) is 1. The Hall–Kier alpha value is -3.09. The zero-order chi connectivity index (χ0) is 22.8. The maximum Gasteiger partial charge on any atom is 0.241 e. The third-order valence-corrected chi connectivity index (χ3v) is 6.03. The van der Waals surface area contributed by atoms with E-state index in [1.54, 1.807) is 19.0 Å². The predicted molar refractivity (Wildman–Crippen MR) is 131 cm³/mol. The van der Waals surface area contributed by atoms with Crippen LogP contribution in [0.15, 0.2) is 59.9 Å². The Morgan fingerprint density at radius 2 is 1.78 bits per heavy atom. The van der Waals surface area contributed by atoms with Crippen LogP contribution in [0, 0.1) is 5.92 Å². The van der Waals surface area contributed by atoms with Crippen LogP contribution in [0.25, 0.3) is 0 Å². The second kappa shape index (κ2) is 12.1. The van der Waals surface area contributed by atoms with Gasteiger partial charge in [0.15, 0.2) is 5.96 Å². The topological polar surface area (TPSA) is 64.1 Å². The Bertz CT molecular complexity index is 847. The zero-order valence-electron chi connectivity index (χ0n) is 19.6. The van der Waals surface area contributed by atoms with Crippen LogP contribution < -0.4 is 10.2 Å². The smallest absolute Gasteiger partial charge is 0.241 e. The largest absolute Gasteiger partial charge is 0.371 e. The number of amides is 1. The van der Waals surface area contributed by atoms with Crippen LogP contribution in [0.5, 0.6) is 0 Å². The summed E-state index contributed by atoms with van der Waals surface area (Å²) in [4.78, 5) is 27.2. The van der Waals surface area contributed by atoms with Crippen LogP contribution in [-0.2, 0) is 11.3 Å². The van der Waals surface area contributed by atoms with Gasteiger partial charge in [-0.3, -0.25) is 9.78 Å². The molecule has 1 saturated heterocycles. The van der Waals surface area contributed by atoms with Crippen LogP contribution in [0.1, 0.15) is 24.8 Å². The summed E-state index contributed by atoms with van der Waals surface area (Å²) in [5, 5.41) is 3.26. The lowest BCUT2D eigenvalue weighted by atomic mass is 9.93. The summed E-state index contributed by atoms with van der Waals surface area (Å²) in [5.74, 6) is 1.52. The Morgan fingerprint density at radius 1 is 1.09 bits per heavy atom. The van der Waals surface area contributed by atoms with E-state index in [1.165, 1.54) is 18.5 Å². The molecule has 0 aliphatic carbocycles. The number of piperidine rings is 1. The van der Waals surface area contributed by atoms with E-state index in [4.69, 9.17) is 4.99 Å². The number of aliphatic imine (C=N–C) groups is 1. The lowest BCUT2D eigenvalue weighted by molar-refractivity contribution is -0.127. The zero-order valence-corrected chi connectivity index (χ0v) is 19.6. The molecule has 3 rings (SSSR count). The molecule has 0 bridgehead atoms. The van der Waals surface area contributed by atoms with Crippen LogP contribution in [0.2, 0.25) is 0 Å². The number of carbonyl (C=O) groups excluding carboxylic acids is 1. The van der Waals surface area contributed by atoms with Crippen LogP contribution >= 0.6 is 0 Å². The third-order valence-electron chi connectivity index (χ3n) is 6.03. The molecular formula is C25H36N6O. The number of aromatic nitrogens is 1. The molecule has 1 N–H and O–H groups in total. The van der Waals surface area contributed by atoms with E-state index in [9.17, 15) is 4.79 Å². The number of rotatable bonds is 8. The van der Waals surface area contributed by atoms with Crippen molar-refractivity contribution in [2.24, 2.45) is 10.9 Å². The molecular weight excluding hydrogens is 400 g/mol. The van der Waals surface area contributed by atoms with Gasteiger partial charge in [-0.1, -0.05) is 30.3 Å². The number of hydrogen-bond acceptors (Lipinski definition) is 4. The summed E-state index contributed by atoms with van der Waals surface area (Å²) < 4.78 is 0. The fourth-order valence-electron chi connectivity index (χ4n) is 3.89. The summed E-state index contributed by atoms with van der Waals surface area (Å²) in [7, 11) is 5.60. The molecule has 2 aromatic rings. The van der Waals surface area contributed by atoms with E-state index in [2.05, 4.69) is 51.4 Å². The monoisotopic (exact) mass is 436 g/mol. The number of nitrogens with one attached hydrogen (secondary N) is 1. The highest BCUT2D eigenvalue weighted by molar-refractivity contribution is 5.86. The SMILES string of the molecule is CN(C)C(=O)CNC(=NCc1ccccc1)N(C)CCC1CCN(c2ccncc2)CC1. The van der Waals surface area contributed by atoms with Crippen molar-refractivity contribution in [3.8, 4) is 0 Å². The van der Waals surface area contributed by atoms with E-state index in [0.29, 0.717) is 12.5 Å².